The van der Waals surface area contributed by atoms with E-state index in [0.29, 0.717) is 18.7 Å². The van der Waals surface area contributed by atoms with E-state index in [9.17, 15) is 9.18 Å². The van der Waals surface area contributed by atoms with Crippen molar-refractivity contribution in [3.8, 4) is 0 Å². The van der Waals surface area contributed by atoms with Crippen LogP contribution in [0.5, 0.6) is 0 Å². The number of benzene rings is 1. The number of nitrogens with one attached hydrogen (secondary N) is 1. The number of amides is 1. The third-order valence-corrected chi connectivity index (χ3v) is 2.25. The van der Waals surface area contributed by atoms with E-state index in [-0.39, 0.29) is 5.91 Å². The molecule has 1 rings (SSSR count). The summed E-state index contributed by atoms with van der Waals surface area (Å²) in [7, 11) is 0. The molecule has 1 aromatic carbocycles. The fourth-order valence-corrected chi connectivity index (χ4v) is 1.38. The van der Waals surface area contributed by atoms with Crippen LogP contribution in [0.4, 0.5) is 4.39 Å². The molecule has 0 fully saturated rings. The lowest BCUT2D eigenvalue weighted by Crippen LogP contribution is -2.24. The van der Waals surface area contributed by atoms with Crippen molar-refractivity contribution in [1.29, 1.82) is 0 Å². The molecule has 0 saturated heterocycles. The van der Waals surface area contributed by atoms with Gasteiger partial charge in [0.15, 0.2) is 0 Å². The Morgan fingerprint density at radius 2 is 2.12 bits per heavy atom. The molecule has 0 heterocycles. The monoisotopic (exact) mass is 224 g/mol. The van der Waals surface area contributed by atoms with Gasteiger partial charge in [-0.3, -0.25) is 4.79 Å². The fraction of sp³-hybridized carbons (Fsp3) is 0.417. The molecule has 0 aliphatic heterocycles. The summed E-state index contributed by atoms with van der Waals surface area (Å²) in [5.74, 6) is -0.622. The first-order valence-electron chi connectivity index (χ1n) is 5.48. The molecule has 3 nitrogen and oxygen atoms in total. The molecule has 88 valence electrons. The van der Waals surface area contributed by atoms with Crippen LogP contribution in [0.15, 0.2) is 24.3 Å². The highest BCUT2D eigenvalue weighted by atomic mass is 19.1. The van der Waals surface area contributed by atoms with Crippen molar-refractivity contribution in [2.24, 2.45) is 5.73 Å². The van der Waals surface area contributed by atoms with Gasteiger partial charge < -0.3 is 11.1 Å². The summed E-state index contributed by atoms with van der Waals surface area (Å²) in [6.45, 7) is 1.28. The maximum atomic E-state index is 12.8. The van der Waals surface area contributed by atoms with Crippen LogP contribution in [-0.4, -0.2) is 19.0 Å². The lowest BCUT2D eigenvalue weighted by Gasteiger charge is -2.04. The van der Waals surface area contributed by atoms with Crippen LogP contribution in [0, 0.1) is 5.82 Å². The van der Waals surface area contributed by atoms with Gasteiger partial charge >= 0.3 is 0 Å². The summed E-state index contributed by atoms with van der Waals surface area (Å²) in [5, 5.41) is 2.74. The summed E-state index contributed by atoms with van der Waals surface area (Å²) in [5.41, 5.74) is 5.71. The van der Waals surface area contributed by atoms with Gasteiger partial charge in [0.25, 0.3) is 5.91 Å². The zero-order valence-corrected chi connectivity index (χ0v) is 9.21. The first kappa shape index (κ1) is 12.6. The molecular weight excluding hydrogens is 207 g/mol. The Morgan fingerprint density at radius 3 is 2.81 bits per heavy atom. The van der Waals surface area contributed by atoms with Gasteiger partial charge in [-0.05, 0) is 37.6 Å². The van der Waals surface area contributed by atoms with Crippen LogP contribution in [0.25, 0.3) is 0 Å². The molecule has 1 aromatic rings. The van der Waals surface area contributed by atoms with Gasteiger partial charge in [-0.15, -0.1) is 0 Å². The number of hydrogen-bond acceptors (Lipinski definition) is 2. The van der Waals surface area contributed by atoms with E-state index in [1.807, 2.05) is 0 Å². The Morgan fingerprint density at radius 1 is 1.31 bits per heavy atom. The molecule has 3 N–H and O–H groups in total. The molecule has 4 heteroatoms. The Hall–Kier alpha value is -1.42. The largest absolute Gasteiger partial charge is 0.352 e. The number of rotatable bonds is 6. The quantitative estimate of drug-likeness (QED) is 0.722. The topological polar surface area (TPSA) is 55.1 Å². The highest BCUT2D eigenvalue weighted by Gasteiger charge is 2.04. The molecule has 0 aromatic heterocycles. The summed E-state index contributed by atoms with van der Waals surface area (Å²) >= 11 is 0. The van der Waals surface area contributed by atoms with E-state index in [1.165, 1.54) is 18.2 Å². The van der Waals surface area contributed by atoms with Gasteiger partial charge in [-0.1, -0.05) is 12.5 Å². The molecular formula is C12H17FN2O. The van der Waals surface area contributed by atoms with Crippen LogP contribution in [-0.2, 0) is 0 Å². The molecule has 1 amide bonds. The van der Waals surface area contributed by atoms with Crippen LogP contribution >= 0.6 is 0 Å². The third kappa shape index (κ3) is 4.40. The minimum atomic E-state index is -0.393. The summed E-state index contributed by atoms with van der Waals surface area (Å²) in [6, 6.07) is 5.67. The fourth-order valence-electron chi connectivity index (χ4n) is 1.38. The number of nitrogens with two attached hydrogens (primary N) is 1. The third-order valence-electron chi connectivity index (χ3n) is 2.25. The van der Waals surface area contributed by atoms with Crippen molar-refractivity contribution < 1.29 is 9.18 Å². The molecule has 0 radical (unpaired) electrons. The number of hydrogen-bond donors (Lipinski definition) is 2. The molecule has 0 saturated carbocycles. The lowest BCUT2D eigenvalue weighted by atomic mass is 10.2. The van der Waals surface area contributed by atoms with Crippen molar-refractivity contribution in [2.45, 2.75) is 19.3 Å². The van der Waals surface area contributed by atoms with Crippen molar-refractivity contribution >= 4 is 5.91 Å². The summed E-state index contributed by atoms with van der Waals surface area (Å²) < 4.78 is 12.8. The standard InChI is InChI=1S/C12H17FN2O/c13-11-6-4-5-10(9-11)12(16)15-8-3-1-2-7-14/h4-6,9H,1-3,7-8,14H2,(H,15,16). The predicted octanol–water partition coefficient (Wildman–Crippen LogP) is 1.68. The highest BCUT2D eigenvalue weighted by molar-refractivity contribution is 5.94. The van der Waals surface area contributed by atoms with E-state index < -0.39 is 5.82 Å². The van der Waals surface area contributed by atoms with E-state index in [1.54, 1.807) is 6.07 Å². The highest BCUT2D eigenvalue weighted by Crippen LogP contribution is 2.03. The zero-order chi connectivity index (χ0) is 11.8. The second-order valence-electron chi connectivity index (χ2n) is 3.62. The van der Waals surface area contributed by atoms with Crippen molar-refractivity contribution in [2.75, 3.05) is 13.1 Å². The summed E-state index contributed by atoms with van der Waals surface area (Å²) in [4.78, 5) is 11.5. The predicted molar refractivity (Wildman–Crippen MR) is 61.6 cm³/mol. The zero-order valence-electron chi connectivity index (χ0n) is 9.21. The number of halogens is 1. The Labute approximate surface area is 94.8 Å². The van der Waals surface area contributed by atoms with Crippen molar-refractivity contribution in [3.63, 3.8) is 0 Å². The van der Waals surface area contributed by atoms with E-state index >= 15 is 0 Å². The number of carbonyl (C=O) groups is 1. The SMILES string of the molecule is NCCCCCNC(=O)c1cccc(F)c1. The van der Waals surface area contributed by atoms with Gasteiger partial charge in [0.2, 0.25) is 0 Å². The average Bonchev–Trinajstić information content (AvgIpc) is 2.28. The van der Waals surface area contributed by atoms with Gasteiger partial charge in [-0.25, -0.2) is 4.39 Å². The first-order chi connectivity index (χ1) is 7.74. The minimum Gasteiger partial charge on any atom is -0.352 e. The molecule has 0 spiro atoms. The Balaban J connectivity index is 2.30. The van der Waals surface area contributed by atoms with Crippen molar-refractivity contribution in [3.05, 3.63) is 35.6 Å². The number of carbonyl (C=O) groups excluding carboxylic acids is 1. The average molecular weight is 224 g/mol. The van der Waals surface area contributed by atoms with Crippen LogP contribution in [0.1, 0.15) is 29.6 Å². The molecule has 16 heavy (non-hydrogen) atoms. The van der Waals surface area contributed by atoms with Gasteiger partial charge in [-0.2, -0.15) is 0 Å². The molecule has 0 aliphatic rings. The minimum absolute atomic E-state index is 0.229. The second kappa shape index (κ2) is 6.95. The van der Waals surface area contributed by atoms with Gasteiger partial charge in [0.1, 0.15) is 5.82 Å². The van der Waals surface area contributed by atoms with Crippen LogP contribution in [0.2, 0.25) is 0 Å². The lowest BCUT2D eigenvalue weighted by molar-refractivity contribution is 0.0952. The van der Waals surface area contributed by atoms with Gasteiger partial charge in [0.05, 0.1) is 0 Å². The second-order valence-corrected chi connectivity index (χ2v) is 3.62. The first-order valence-corrected chi connectivity index (χ1v) is 5.48. The maximum Gasteiger partial charge on any atom is 0.251 e. The normalized spacial score (nSPS) is 10.1. The number of unbranched alkanes of at least 4 members (excludes halogenated alkanes) is 2. The van der Waals surface area contributed by atoms with E-state index in [0.717, 1.165) is 19.3 Å². The maximum absolute atomic E-state index is 12.8. The van der Waals surface area contributed by atoms with Crippen LogP contribution < -0.4 is 11.1 Å². The van der Waals surface area contributed by atoms with Gasteiger partial charge in [0, 0.05) is 12.1 Å². The molecule has 0 aliphatic carbocycles. The van der Waals surface area contributed by atoms with Crippen molar-refractivity contribution in [1.82, 2.24) is 5.32 Å². The summed E-state index contributed by atoms with van der Waals surface area (Å²) in [6.07, 6.45) is 2.87. The smallest absolute Gasteiger partial charge is 0.251 e. The van der Waals surface area contributed by atoms with Crippen LogP contribution in [0.3, 0.4) is 0 Å². The van der Waals surface area contributed by atoms with E-state index in [2.05, 4.69) is 5.32 Å². The molecule has 0 atom stereocenters. The molecule has 0 bridgehead atoms. The van der Waals surface area contributed by atoms with E-state index in [4.69, 9.17) is 5.73 Å². The Kier molecular flexibility index (Phi) is 5.50. The molecule has 0 unspecified atom stereocenters. The Bertz CT molecular complexity index is 342.